The zero-order chi connectivity index (χ0) is 25.4. The summed E-state index contributed by atoms with van der Waals surface area (Å²) >= 11 is 0. The van der Waals surface area contributed by atoms with Gasteiger partial charge in [-0.15, -0.1) is 0 Å². The summed E-state index contributed by atoms with van der Waals surface area (Å²) in [5.74, 6) is -0.264. The third kappa shape index (κ3) is 5.92. The minimum Gasteiger partial charge on any atom is -0.493 e. The molecule has 0 unspecified atom stereocenters. The van der Waals surface area contributed by atoms with Crippen molar-refractivity contribution in [1.29, 1.82) is 0 Å². The van der Waals surface area contributed by atoms with Crippen molar-refractivity contribution in [3.63, 3.8) is 0 Å². The number of hydrogen-bond donors (Lipinski definition) is 2. The SMILES string of the molecule is COc1cc(-c2n[nH]c(C(=O)NC3CCN(CC(C)(C)C)CC3)c2CC(F)(F)F)cn2ncnc12. The van der Waals surface area contributed by atoms with E-state index in [0.29, 0.717) is 17.0 Å². The van der Waals surface area contributed by atoms with E-state index in [1.165, 1.54) is 30.2 Å². The second-order valence-electron chi connectivity index (χ2n) is 10.1. The van der Waals surface area contributed by atoms with Crippen molar-refractivity contribution in [3.05, 3.63) is 29.8 Å². The van der Waals surface area contributed by atoms with Crippen LogP contribution in [0, 0.1) is 5.41 Å². The number of nitrogens with one attached hydrogen (secondary N) is 2. The highest BCUT2D eigenvalue weighted by Gasteiger charge is 2.34. The summed E-state index contributed by atoms with van der Waals surface area (Å²) in [6, 6.07) is 1.42. The zero-order valence-corrected chi connectivity index (χ0v) is 20.2. The quantitative estimate of drug-likeness (QED) is 0.546. The number of fused-ring (bicyclic) bond motifs is 1. The number of piperidine rings is 1. The van der Waals surface area contributed by atoms with Gasteiger partial charge in [0.15, 0.2) is 11.4 Å². The van der Waals surface area contributed by atoms with E-state index in [-0.39, 0.29) is 28.4 Å². The second-order valence-corrected chi connectivity index (χ2v) is 10.1. The molecule has 1 amide bonds. The molecular formula is C23H30F3N7O2. The largest absolute Gasteiger partial charge is 0.493 e. The van der Waals surface area contributed by atoms with Crippen LogP contribution in [0.3, 0.4) is 0 Å². The molecular weight excluding hydrogens is 463 g/mol. The van der Waals surface area contributed by atoms with Gasteiger partial charge in [0.1, 0.15) is 12.0 Å². The minimum absolute atomic E-state index is 0.0168. The molecule has 1 saturated heterocycles. The van der Waals surface area contributed by atoms with Crippen LogP contribution in [0.5, 0.6) is 5.75 Å². The Morgan fingerprint density at radius 1 is 1.26 bits per heavy atom. The second kappa shape index (κ2) is 9.48. The molecule has 1 aliphatic rings. The Morgan fingerprint density at radius 2 is 1.97 bits per heavy atom. The predicted molar refractivity (Wildman–Crippen MR) is 123 cm³/mol. The van der Waals surface area contributed by atoms with Gasteiger partial charge in [-0.1, -0.05) is 20.8 Å². The van der Waals surface area contributed by atoms with E-state index in [9.17, 15) is 18.0 Å². The maximum absolute atomic E-state index is 13.5. The maximum atomic E-state index is 13.5. The van der Waals surface area contributed by atoms with Crippen LogP contribution >= 0.6 is 0 Å². The minimum atomic E-state index is -4.53. The molecule has 3 aromatic heterocycles. The van der Waals surface area contributed by atoms with Crippen LogP contribution in [0.15, 0.2) is 18.6 Å². The van der Waals surface area contributed by atoms with E-state index in [4.69, 9.17) is 4.74 Å². The molecule has 0 spiro atoms. The van der Waals surface area contributed by atoms with Crippen molar-refractivity contribution < 1.29 is 22.7 Å². The highest BCUT2D eigenvalue weighted by Crippen LogP contribution is 2.33. The van der Waals surface area contributed by atoms with Crippen LogP contribution in [0.25, 0.3) is 16.9 Å². The molecule has 4 heterocycles. The third-order valence-electron chi connectivity index (χ3n) is 5.93. The smallest absolute Gasteiger partial charge is 0.393 e. The molecule has 190 valence electrons. The topological polar surface area (TPSA) is 100 Å². The first-order chi connectivity index (χ1) is 16.4. The fraction of sp³-hybridized carbons (Fsp3) is 0.565. The number of alkyl halides is 3. The Morgan fingerprint density at radius 3 is 2.60 bits per heavy atom. The number of aromatic amines is 1. The zero-order valence-electron chi connectivity index (χ0n) is 20.2. The van der Waals surface area contributed by atoms with Crippen LogP contribution in [0.1, 0.15) is 49.7 Å². The highest BCUT2D eigenvalue weighted by atomic mass is 19.4. The summed E-state index contributed by atoms with van der Waals surface area (Å²) in [6.45, 7) is 9.12. The van der Waals surface area contributed by atoms with Crippen molar-refractivity contribution in [2.45, 2.75) is 52.3 Å². The number of H-pyrrole nitrogens is 1. The van der Waals surface area contributed by atoms with Gasteiger partial charge in [-0.05, 0) is 24.3 Å². The third-order valence-corrected chi connectivity index (χ3v) is 5.93. The molecule has 12 heteroatoms. The van der Waals surface area contributed by atoms with E-state index < -0.39 is 18.5 Å². The lowest BCUT2D eigenvalue weighted by Gasteiger charge is -2.36. The van der Waals surface area contributed by atoms with E-state index in [2.05, 4.69) is 51.3 Å². The number of amides is 1. The van der Waals surface area contributed by atoms with Crippen LogP contribution < -0.4 is 10.1 Å². The molecule has 0 saturated carbocycles. The lowest BCUT2D eigenvalue weighted by molar-refractivity contribution is -0.127. The molecule has 0 aromatic carbocycles. The maximum Gasteiger partial charge on any atom is 0.393 e. The van der Waals surface area contributed by atoms with Gasteiger partial charge < -0.3 is 15.0 Å². The van der Waals surface area contributed by atoms with Gasteiger partial charge in [-0.3, -0.25) is 9.89 Å². The first-order valence-electron chi connectivity index (χ1n) is 11.5. The van der Waals surface area contributed by atoms with E-state index in [1.54, 1.807) is 0 Å². The van der Waals surface area contributed by atoms with Crippen molar-refractivity contribution >= 4 is 11.6 Å². The summed E-state index contributed by atoms with van der Waals surface area (Å²) in [6.07, 6.45) is -1.55. The normalized spacial score (nSPS) is 16.1. The number of aromatic nitrogens is 5. The fourth-order valence-corrected chi connectivity index (χ4v) is 4.50. The van der Waals surface area contributed by atoms with Crippen LogP contribution in [-0.4, -0.2) is 74.6 Å². The monoisotopic (exact) mass is 493 g/mol. The summed E-state index contributed by atoms with van der Waals surface area (Å²) in [5, 5.41) is 13.6. The van der Waals surface area contributed by atoms with E-state index in [0.717, 1.165) is 32.5 Å². The number of methoxy groups -OCH3 is 1. The van der Waals surface area contributed by atoms with Gasteiger partial charge in [0.25, 0.3) is 5.91 Å². The Kier molecular flexibility index (Phi) is 6.76. The summed E-state index contributed by atoms with van der Waals surface area (Å²) < 4.78 is 47.2. The molecule has 0 bridgehead atoms. The first kappa shape index (κ1) is 25.0. The van der Waals surface area contributed by atoms with Crippen LogP contribution in [0.2, 0.25) is 0 Å². The molecule has 2 N–H and O–H groups in total. The molecule has 35 heavy (non-hydrogen) atoms. The van der Waals surface area contributed by atoms with Gasteiger partial charge in [0, 0.05) is 43.0 Å². The number of carbonyl (C=O) groups excluding carboxylic acids is 1. The number of rotatable bonds is 6. The summed E-state index contributed by atoms with van der Waals surface area (Å²) in [5.41, 5.74) is 0.522. The lowest BCUT2D eigenvalue weighted by Crippen LogP contribution is -2.46. The predicted octanol–water partition coefficient (Wildman–Crippen LogP) is 3.47. The average Bonchev–Trinajstić information content (AvgIpc) is 3.39. The highest BCUT2D eigenvalue weighted by molar-refractivity contribution is 5.95. The van der Waals surface area contributed by atoms with E-state index in [1.807, 2.05) is 0 Å². The molecule has 0 radical (unpaired) electrons. The number of hydrogen-bond acceptors (Lipinski definition) is 6. The number of carbonyl (C=O) groups is 1. The first-order valence-corrected chi connectivity index (χ1v) is 11.5. The lowest BCUT2D eigenvalue weighted by atomic mass is 9.94. The number of nitrogens with zero attached hydrogens (tertiary/aromatic N) is 5. The standard InChI is InChI=1S/C23H30F3N7O2/c1-22(2,3)12-32-7-5-15(6-8-32)29-21(34)19-16(10-23(24,25)26)18(30-31-19)14-9-17(35-4)20-27-13-28-33(20)11-14/h9,11,13,15H,5-8,10,12H2,1-4H3,(H,29,34)(H,30,31). The summed E-state index contributed by atoms with van der Waals surface area (Å²) in [7, 11) is 1.43. The van der Waals surface area contributed by atoms with Crippen molar-refractivity contribution in [3.8, 4) is 17.0 Å². The van der Waals surface area contributed by atoms with E-state index >= 15 is 0 Å². The Labute approximate surface area is 201 Å². The van der Waals surface area contributed by atoms with Crippen LogP contribution in [-0.2, 0) is 6.42 Å². The molecule has 0 atom stereocenters. The molecule has 3 aromatic rings. The number of pyridine rings is 1. The molecule has 4 rings (SSSR count). The number of ether oxygens (including phenoxy) is 1. The van der Waals surface area contributed by atoms with Crippen LogP contribution in [0.4, 0.5) is 13.2 Å². The fourth-order valence-electron chi connectivity index (χ4n) is 4.50. The van der Waals surface area contributed by atoms with Crippen molar-refractivity contribution in [1.82, 2.24) is 35.0 Å². The Bertz CT molecular complexity index is 1190. The molecule has 1 aliphatic heterocycles. The van der Waals surface area contributed by atoms with Crippen molar-refractivity contribution in [2.75, 3.05) is 26.7 Å². The molecule has 1 fully saturated rings. The van der Waals surface area contributed by atoms with Gasteiger partial charge in [0.05, 0.1) is 19.2 Å². The van der Waals surface area contributed by atoms with Crippen molar-refractivity contribution in [2.24, 2.45) is 5.41 Å². The van der Waals surface area contributed by atoms with Gasteiger partial charge in [-0.2, -0.15) is 23.4 Å². The average molecular weight is 494 g/mol. The molecule has 9 nitrogen and oxygen atoms in total. The number of likely N-dealkylation sites (tertiary alicyclic amines) is 1. The van der Waals surface area contributed by atoms with Gasteiger partial charge in [-0.25, -0.2) is 9.50 Å². The molecule has 0 aliphatic carbocycles. The Balaban J connectivity index is 1.58. The summed E-state index contributed by atoms with van der Waals surface area (Å²) in [4.78, 5) is 19.5. The number of halogens is 3. The van der Waals surface area contributed by atoms with Gasteiger partial charge >= 0.3 is 6.18 Å². The van der Waals surface area contributed by atoms with Gasteiger partial charge in [0.2, 0.25) is 0 Å². The Hall–Kier alpha value is -3.15.